The number of rotatable bonds is 20. The van der Waals surface area contributed by atoms with Gasteiger partial charge in [0.1, 0.15) is 0 Å². The van der Waals surface area contributed by atoms with Gasteiger partial charge in [-0.15, -0.1) is 0 Å². The summed E-state index contributed by atoms with van der Waals surface area (Å²) in [5.41, 5.74) is 0. The van der Waals surface area contributed by atoms with Crippen molar-refractivity contribution in [2.75, 3.05) is 0 Å². The summed E-state index contributed by atoms with van der Waals surface area (Å²) in [5, 5.41) is 0. The summed E-state index contributed by atoms with van der Waals surface area (Å²) in [4.78, 5) is 0. The molecule has 0 atom stereocenters. The molecular formula is C25H48. The minimum atomic E-state index is 1.22. The van der Waals surface area contributed by atoms with Crippen LogP contribution in [0.25, 0.3) is 0 Å². The first-order valence-corrected chi connectivity index (χ1v) is 11.7. The van der Waals surface area contributed by atoms with E-state index in [1.807, 2.05) is 0 Å². The van der Waals surface area contributed by atoms with E-state index in [9.17, 15) is 0 Å². The van der Waals surface area contributed by atoms with Crippen LogP contribution in [-0.2, 0) is 0 Å². The molecule has 0 nitrogen and oxygen atoms in total. The van der Waals surface area contributed by atoms with Gasteiger partial charge in [0.25, 0.3) is 0 Å². The summed E-state index contributed by atoms with van der Waals surface area (Å²) in [6, 6.07) is 0. The van der Waals surface area contributed by atoms with Gasteiger partial charge in [-0.3, -0.25) is 0 Å². The van der Waals surface area contributed by atoms with Crippen molar-refractivity contribution in [1.82, 2.24) is 0 Å². The third kappa shape index (κ3) is 23.5. The fourth-order valence-corrected chi connectivity index (χ4v) is 3.28. The molecule has 0 aliphatic rings. The molecular weight excluding hydrogens is 300 g/mol. The predicted octanol–water partition coefficient (Wildman–Crippen LogP) is 9.55. The second kappa shape index (κ2) is 23.5. The summed E-state index contributed by atoms with van der Waals surface area (Å²) in [6.45, 7) is 4.57. The van der Waals surface area contributed by atoms with Crippen molar-refractivity contribution >= 4 is 0 Å². The van der Waals surface area contributed by atoms with Crippen LogP contribution in [-0.4, -0.2) is 0 Å². The standard InChI is InChI=1S/C25H48/c1-3-5-7-9-11-13-15-17-19-21-23-25-24-22-20-18-16-14-12-10-8-6-4-2/h13,15,21,23H,3-12,14,16-20,22,24-25H2,1-2H3/b15-13+,23-21+. The average molecular weight is 349 g/mol. The zero-order valence-electron chi connectivity index (χ0n) is 17.7. The SMILES string of the molecule is CCCCCC/C=C/CC/C=C/CCCCCCCCCCCCC. The van der Waals surface area contributed by atoms with Crippen molar-refractivity contribution in [3.8, 4) is 0 Å². The molecule has 0 heterocycles. The molecule has 0 saturated carbocycles. The molecule has 0 saturated heterocycles. The van der Waals surface area contributed by atoms with Crippen LogP contribution in [0.1, 0.15) is 136 Å². The van der Waals surface area contributed by atoms with E-state index in [4.69, 9.17) is 0 Å². The van der Waals surface area contributed by atoms with Gasteiger partial charge in [0, 0.05) is 0 Å². The lowest BCUT2D eigenvalue weighted by atomic mass is 10.1. The molecule has 0 aromatic heterocycles. The molecule has 25 heavy (non-hydrogen) atoms. The van der Waals surface area contributed by atoms with Gasteiger partial charge < -0.3 is 0 Å². The second-order valence-corrected chi connectivity index (χ2v) is 7.69. The van der Waals surface area contributed by atoms with Crippen LogP contribution in [0.3, 0.4) is 0 Å². The Morgan fingerprint density at radius 3 is 1.00 bits per heavy atom. The maximum absolute atomic E-state index is 2.41. The van der Waals surface area contributed by atoms with Crippen LogP contribution in [0.2, 0.25) is 0 Å². The van der Waals surface area contributed by atoms with Gasteiger partial charge in [0.2, 0.25) is 0 Å². The van der Waals surface area contributed by atoms with E-state index in [1.165, 1.54) is 122 Å². The smallest absolute Gasteiger partial charge is 0.0316 e. The summed E-state index contributed by atoms with van der Waals surface area (Å²) >= 11 is 0. The summed E-state index contributed by atoms with van der Waals surface area (Å²) in [6.07, 6.45) is 35.9. The Hall–Kier alpha value is -0.520. The number of unbranched alkanes of at least 4 members (excludes halogenated alkanes) is 16. The zero-order chi connectivity index (χ0) is 18.3. The van der Waals surface area contributed by atoms with Crippen LogP contribution in [0.5, 0.6) is 0 Å². The third-order valence-electron chi connectivity index (χ3n) is 5.03. The maximum Gasteiger partial charge on any atom is -0.0316 e. The van der Waals surface area contributed by atoms with Gasteiger partial charge in [0.15, 0.2) is 0 Å². The molecule has 0 bridgehead atoms. The summed E-state index contributed by atoms with van der Waals surface area (Å²) in [7, 11) is 0. The highest BCUT2D eigenvalue weighted by molar-refractivity contribution is 4.88. The van der Waals surface area contributed by atoms with Gasteiger partial charge in [-0.1, -0.05) is 122 Å². The normalized spacial score (nSPS) is 11.9. The molecule has 0 aliphatic carbocycles. The molecule has 0 heteroatoms. The highest BCUT2D eigenvalue weighted by Crippen LogP contribution is 2.12. The minimum Gasteiger partial charge on any atom is -0.0885 e. The molecule has 0 spiro atoms. The lowest BCUT2D eigenvalue weighted by Gasteiger charge is -2.01. The average Bonchev–Trinajstić information content (AvgIpc) is 2.63. The Labute approximate surface area is 160 Å². The van der Waals surface area contributed by atoms with E-state index in [-0.39, 0.29) is 0 Å². The lowest BCUT2D eigenvalue weighted by Crippen LogP contribution is -1.82. The Balaban J connectivity index is 3.12. The molecule has 0 amide bonds. The molecule has 148 valence electrons. The van der Waals surface area contributed by atoms with E-state index in [1.54, 1.807) is 0 Å². The van der Waals surface area contributed by atoms with E-state index in [0.717, 1.165) is 0 Å². The second-order valence-electron chi connectivity index (χ2n) is 7.69. The molecule has 0 aromatic carbocycles. The first kappa shape index (κ1) is 24.5. The van der Waals surface area contributed by atoms with E-state index in [0.29, 0.717) is 0 Å². The highest BCUT2D eigenvalue weighted by atomic mass is 14.0. The van der Waals surface area contributed by atoms with Crippen molar-refractivity contribution < 1.29 is 0 Å². The highest BCUT2D eigenvalue weighted by Gasteiger charge is 1.92. The summed E-state index contributed by atoms with van der Waals surface area (Å²) in [5.74, 6) is 0. The number of hydrogen-bond acceptors (Lipinski definition) is 0. The van der Waals surface area contributed by atoms with E-state index < -0.39 is 0 Å². The van der Waals surface area contributed by atoms with Gasteiger partial charge in [-0.2, -0.15) is 0 Å². The van der Waals surface area contributed by atoms with Crippen molar-refractivity contribution in [1.29, 1.82) is 0 Å². The van der Waals surface area contributed by atoms with Gasteiger partial charge in [-0.05, 0) is 38.5 Å². The topological polar surface area (TPSA) is 0 Å². The Morgan fingerprint density at radius 2 is 0.600 bits per heavy atom. The molecule has 0 N–H and O–H groups in total. The first-order chi connectivity index (χ1) is 12.4. The van der Waals surface area contributed by atoms with Crippen molar-refractivity contribution in [3.63, 3.8) is 0 Å². The third-order valence-corrected chi connectivity index (χ3v) is 5.03. The van der Waals surface area contributed by atoms with Crippen LogP contribution in [0.4, 0.5) is 0 Å². The van der Waals surface area contributed by atoms with Crippen molar-refractivity contribution in [3.05, 3.63) is 24.3 Å². The monoisotopic (exact) mass is 348 g/mol. The van der Waals surface area contributed by atoms with Crippen LogP contribution < -0.4 is 0 Å². The predicted molar refractivity (Wildman–Crippen MR) is 117 cm³/mol. The van der Waals surface area contributed by atoms with Crippen LogP contribution in [0.15, 0.2) is 24.3 Å². The maximum atomic E-state index is 2.41. The molecule has 0 fully saturated rings. The lowest BCUT2D eigenvalue weighted by molar-refractivity contribution is 0.550. The van der Waals surface area contributed by atoms with Gasteiger partial charge in [-0.25, -0.2) is 0 Å². The zero-order valence-corrected chi connectivity index (χ0v) is 17.7. The Kier molecular flexibility index (Phi) is 23.0. The Morgan fingerprint density at radius 1 is 0.320 bits per heavy atom. The van der Waals surface area contributed by atoms with Crippen molar-refractivity contribution in [2.24, 2.45) is 0 Å². The fraction of sp³-hybridized carbons (Fsp3) is 0.840. The molecule has 0 aromatic rings. The fourth-order valence-electron chi connectivity index (χ4n) is 3.28. The van der Waals surface area contributed by atoms with Crippen molar-refractivity contribution in [2.45, 2.75) is 136 Å². The quantitative estimate of drug-likeness (QED) is 0.152. The van der Waals surface area contributed by atoms with Gasteiger partial charge in [0.05, 0.1) is 0 Å². The minimum absolute atomic E-state index is 1.22. The van der Waals surface area contributed by atoms with E-state index in [2.05, 4.69) is 38.2 Å². The van der Waals surface area contributed by atoms with E-state index >= 15 is 0 Å². The molecule has 0 aliphatic heterocycles. The largest absolute Gasteiger partial charge is 0.0885 e. The summed E-state index contributed by atoms with van der Waals surface area (Å²) < 4.78 is 0. The first-order valence-electron chi connectivity index (χ1n) is 11.7. The van der Waals surface area contributed by atoms with Gasteiger partial charge >= 0.3 is 0 Å². The van der Waals surface area contributed by atoms with Crippen LogP contribution in [0, 0.1) is 0 Å². The molecule has 0 radical (unpaired) electrons. The number of hydrogen-bond donors (Lipinski definition) is 0. The van der Waals surface area contributed by atoms with Crippen LogP contribution >= 0.6 is 0 Å². The Bertz CT molecular complexity index is 274. The molecule has 0 rings (SSSR count). The molecule has 0 unspecified atom stereocenters. The number of allylic oxidation sites excluding steroid dienone is 4.